The standard InChI is InChI=1S/C24H22F4N4O3S/c1-4-35-18-11-19(36-21(18)22(33)34)16-10-20(31-23(30-16)24(26,27)28)29-5-6-32-13(3)8-15-12(2)7-14(25)9-17(15)32/h7-11H,4-6H2,1-3H3,(H,33,34)(H,29,30,31). The van der Waals surface area contributed by atoms with E-state index in [0.717, 1.165) is 28.0 Å². The largest absolute Gasteiger partial charge is 0.492 e. The van der Waals surface area contributed by atoms with Gasteiger partial charge < -0.3 is 19.7 Å². The average Bonchev–Trinajstić information content (AvgIpc) is 3.35. The van der Waals surface area contributed by atoms with E-state index in [1.807, 2.05) is 24.5 Å². The molecule has 0 amide bonds. The lowest BCUT2D eigenvalue weighted by Gasteiger charge is -2.13. The van der Waals surface area contributed by atoms with Gasteiger partial charge in [0.05, 0.1) is 22.7 Å². The summed E-state index contributed by atoms with van der Waals surface area (Å²) in [5.74, 6) is -2.99. The van der Waals surface area contributed by atoms with E-state index >= 15 is 0 Å². The maximum Gasteiger partial charge on any atom is 0.451 e. The van der Waals surface area contributed by atoms with Crippen molar-refractivity contribution in [3.05, 3.63) is 58.1 Å². The molecule has 7 nitrogen and oxygen atoms in total. The molecular formula is C24H22F4N4O3S. The van der Waals surface area contributed by atoms with E-state index in [4.69, 9.17) is 4.74 Å². The van der Waals surface area contributed by atoms with Gasteiger partial charge in [-0.1, -0.05) is 0 Å². The summed E-state index contributed by atoms with van der Waals surface area (Å²) < 4.78 is 61.8. The summed E-state index contributed by atoms with van der Waals surface area (Å²) in [6.45, 7) is 6.08. The van der Waals surface area contributed by atoms with Gasteiger partial charge in [0, 0.05) is 36.3 Å². The molecule has 0 aliphatic carbocycles. The van der Waals surface area contributed by atoms with Crippen molar-refractivity contribution in [2.75, 3.05) is 18.5 Å². The third-order valence-corrected chi connectivity index (χ3v) is 6.59. The van der Waals surface area contributed by atoms with Crippen LogP contribution in [-0.2, 0) is 12.7 Å². The second-order valence-electron chi connectivity index (χ2n) is 8.02. The first kappa shape index (κ1) is 25.4. The number of aryl methyl sites for hydroxylation is 2. The Balaban J connectivity index is 1.64. The van der Waals surface area contributed by atoms with E-state index in [9.17, 15) is 27.5 Å². The second-order valence-corrected chi connectivity index (χ2v) is 9.07. The van der Waals surface area contributed by atoms with Crippen molar-refractivity contribution in [2.45, 2.75) is 33.5 Å². The van der Waals surface area contributed by atoms with Gasteiger partial charge in [0.15, 0.2) is 4.88 Å². The van der Waals surface area contributed by atoms with Crippen LogP contribution in [0.5, 0.6) is 5.75 Å². The predicted molar refractivity (Wildman–Crippen MR) is 128 cm³/mol. The van der Waals surface area contributed by atoms with Crippen LogP contribution in [0.3, 0.4) is 0 Å². The van der Waals surface area contributed by atoms with Crippen molar-refractivity contribution in [3.63, 3.8) is 0 Å². The summed E-state index contributed by atoms with van der Waals surface area (Å²) in [5, 5.41) is 13.2. The molecule has 0 saturated carbocycles. The maximum atomic E-state index is 14.0. The zero-order chi connectivity index (χ0) is 26.2. The van der Waals surface area contributed by atoms with Gasteiger partial charge in [-0.05, 0) is 44.5 Å². The molecule has 4 aromatic rings. The maximum absolute atomic E-state index is 14.0. The summed E-state index contributed by atoms with van der Waals surface area (Å²) in [5.41, 5.74) is 2.27. The number of carbonyl (C=O) groups is 1. The Bertz CT molecular complexity index is 1450. The smallest absolute Gasteiger partial charge is 0.451 e. The third kappa shape index (κ3) is 5.13. The Morgan fingerprint density at radius 1 is 1.17 bits per heavy atom. The molecule has 190 valence electrons. The lowest BCUT2D eigenvalue weighted by Crippen LogP contribution is -2.16. The van der Waals surface area contributed by atoms with E-state index in [1.54, 1.807) is 6.92 Å². The van der Waals surface area contributed by atoms with Gasteiger partial charge in [0.1, 0.15) is 17.4 Å². The molecule has 3 heterocycles. The molecule has 0 aliphatic heterocycles. The van der Waals surface area contributed by atoms with E-state index in [2.05, 4.69) is 15.3 Å². The van der Waals surface area contributed by atoms with Gasteiger partial charge in [-0.15, -0.1) is 11.3 Å². The van der Waals surface area contributed by atoms with E-state index in [-0.39, 0.29) is 46.0 Å². The van der Waals surface area contributed by atoms with Gasteiger partial charge in [-0.25, -0.2) is 19.2 Å². The monoisotopic (exact) mass is 522 g/mol. The minimum atomic E-state index is -4.82. The van der Waals surface area contributed by atoms with Crippen molar-refractivity contribution < 1.29 is 32.2 Å². The van der Waals surface area contributed by atoms with Gasteiger partial charge in [-0.2, -0.15) is 13.2 Å². The molecule has 0 spiro atoms. The summed E-state index contributed by atoms with van der Waals surface area (Å²) in [7, 11) is 0. The van der Waals surface area contributed by atoms with Crippen LogP contribution in [0, 0.1) is 19.7 Å². The van der Waals surface area contributed by atoms with Crippen molar-refractivity contribution in [3.8, 4) is 16.3 Å². The lowest BCUT2D eigenvalue weighted by molar-refractivity contribution is -0.144. The van der Waals surface area contributed by atoms with Crippen LogP contribution in [-0.4, -0.2) is 38.8 Å². The topological polar surface area (TPSA) is 89.3 Å². The normalized spacial score (nSPS) is 11.8. The number of halogens is 4. The quantitative estimate of drug-likeness (QED) is 0.270. The number of rotatable bonds is 8. The Hall–Kier alpha value is -3.67. The van der Waals surface area contributed by atoms with Gasteiger partial charge >= 0.3 is 12.1 Å². The molecule has 12 heteroatoms. The number of thiophene rings is 1. The Kier molecular flexibility index (Phi) is 6.90. The zero-order valence-corrected chi connectivity index (χ0v) is 20.4. The molecule has 0 radical (unpaired) electrons. The second kappa shape index (κ2) is 9.76. The number of carboxylic acids is 1. The van der Waals surface area contributed by atoms with Crippen LogP contribution in [0.25, 0.3) is 21.5 Å². The Morgan fingerprint density at radius 3 is 2.58 bits per heavy atom. The minimum Gasteiger partial charge on any atom is -0.492 e. The van der Waals surface area contributed by atoms with Crippen LogP contribution in [0.15, 0.2) is 30.3 Å². The van der Waals surface area contributed by atoms with E-state index in [1.165, 1.54) is 24.3 Å². The predicted octanol–water partition coefficient (Wildman–Crippen LogP) is 6.14. The highest BCUT2D eigenvalue weighted by atomic mass is 32.1. The molecule has 0 bridgehead atoms. The SMILES string of the molecule is CCOc1cc(-c2cc(NCCn3c(C)cc4c(C)cc(F)cc43)nc(C(F)(F)F)n2)sc1C(=O)O. The number of benzene rings is 1. The number of alkyl halides is 3. The van der Waals surface area contributed by atoms with Crippen LogP contribution in [0.4, 0.5) is 23.4 Å². The molecular weight excluding hydrogens is 500 g/mol. The molecule has 0 saturated heterocycles. The number of aromatic nitrogens is 3. The fourth-order valence-electron chi connectivity index (χ4n) is 3.92. The zero-order valence-electron chi connectivity index (χ0n) is 19.5. The molecule has 2 N–H and O–H groups in total. The third-order valence-electron chi connectivity index (χ3n) is 5.47. The Morgan fingerprint density at radius 2 is 1.92 bits per heavy atom. The van der Waals surface area contributed by atoms with Crippen molar-refractivity contribution in [2.24, 2.45) is 0 Å². The van der Waals surface area contributed by atoms with Crippen molar-refractivity contribution in [1.29, 1.82) is 0 Å². The van der Waals surface area contributed by atoms with E-state index in [0.29, 0.717) is 12.1 Å². The molecule has 0 aliphatic rings. The highest BCUT2D eigenvalue weighted by Crippen LogP contribution is 2.38. The van der Waals surface area contributed by atoms with Crippen molar-refractivity contribution in [1.82, 2.24) is 14.5 Å². The number of nitrogens with zero attached hydrogens (tertiary/aromatic N) is 3. The fraction of sp³-hybridized carbons (Fsp3) is 0.292. The first-order valence-electron chi connectivity index (χ1n) is 10.9. The molecule has 4 rings (SSSR count). The Labute approximate surface area is 207 Å². The van der Waals surface area contributed by atoms with Crippen LogP contribution in [0.2, 0.25) is 0 Å². The van der Waals surface area contributed by atoms with Gasteiger partial charge in [0.2, 0.25) is 5.82 Å². The highest BCUT2D eigenvalue weighted by molar-refractivity contribution is 7.17. The van der Waals surface area contributed by atoms with Crippen LogP contribution < -0.4 is 10.1 Å². The van der Waals surface area contributed by atoms with Crippen LogP contribution in [0.1, 0.15) is 33.7 Å². The number of anilines is 1. The van der Waals surface area contributed by atoms with E-state index < -0.39 is 18.0 Å². The number of aromatic carboxylic acids is 1. The summed E-state index contributed by atoms with van der Waals surface area (Å²) in [6, 6.07) is 7.49. The number of hydrogen-bond donors (Lipinski definition) is 2. The molecule has 1 aromatic carbocycles. The number of carboxylic acid groups (broad SMARTS) is 1. The highest BCUT2D eigenvalue weighted by Gasteiger charge is 2.36. The van der Waals surface area contributed by atoms with Gasteiger partial charge in [-0.3, -0.25) is 0 Å². The minimum absolute atomic E-state index is 0.0594. The number of nitrogens with one attached hydrogen (secondary N) is 1. The molecule has 0 atom stereocenters. The first-order valence-corrected chi connectivity index (χ1v) is 11.8. The molecule has 0 fully saturated rings. The summed E-state index contributed by atoms with van der Waals surface area (Å²) in [6.07, 6.45) is -4.82. The summed E-state index contributed by atoms with van der Waals surface area (Å²) >= 11 is 0.767. The molecule has 0 unspecified atom stereocenters. The summed E-state index contributed by atoms with van der Waals surface area (Å²) in [4.78, 5) is 18.8. The average molecular weight is 523 g/mol. The number of ether oxygens (including phenoxy) is 1. The first-order chi connectivity index (χ1) is 17.0. The number of fused-ring (bicyclic) bond motifs is 1. The molecule has 3 aromatic heterocycles. The van der Waals surface area contributed by atoms with Gasteiger partial charge in [0.25, 0.3) is 0 Å². The van der Waals surface area contributed by atoms with Crippen molar-refractivity contribution >= 4 is 34.0 Å². The van der Waals surface area contributed by atoms with Crippen LogP contribution >= 0.6 is 11.3 Å². The lowest BCUT2D eigenvalue weighted by atomic mass is 10.1. The number of hydrogen-bond acceptors (Lipinski definition) is 6. The molecule has 36 heavy (non-hydrogen) atoms. The fourth-order valence-corrected chi connectivity index (χ4v) is 4.82.